The molecule has 41 heavy (non-hydrogen) atoms. The van der Waals surface area contributed by atoms with Gasteiger partial charge in [-0.15, -0.1) is 0 Å². The fourth-order valence-electron chi connectivity index (χ4n) is 4.59. The molecule has 0 bridgehead atoms. The molecule has 0 aliphatic carbocycles. The van der Waals surface area contributed by atoms with E-state index in [-0.39, 0.29) is 30.7 Å². The molecule has 5 rings (SSSR count). The summed E-state index contributed by atoms with van der Waals surface area (Å²) in [7, 11) is 0. The van der Waals surface area contributed by atoms with Crippen molar-refractivity contribution in [3.63, 3.8) is 0 Å². The Hall–Kier alpha value is -4.51. The summed E-state index contributed by atoms with van der Waals surface area (Å²) >= 11 is 0. The number of rotatable bonds is 8. The summed E-state index contributed by atoms with van der Waals surface area (Å²) < 4.78 is 60.0. The van der Waals surface area contributed by atoms with Crippen molar-refractivity contribution >= 4 is 17.8 Å². The molecule has 1 saturated heterocycles. The number of aromatic nitrogens is 2. The molecule has 1 aliphatic rings. The second-order valence-electron chi connectivity index (χ2n) is 9.61. The van der Waals surface area contributed by atoms with Crippen LogP contribution in [0.15, 0.2) is 85.1 Å². The third kappa shape index (κ3) is 6.80. The lowest BCUT2D eigenvalue weighted by Crippen LogP contribution is -2.42. The molecule has 0 spiro atoms. The summed E-state index contributed by atoms with van der Waals surface area (Å²) in [5.74, 6) is -1.46. The standard InChI is InChI=1S/C30H26F4N4O3/c31-23-12-8-21(9-13-23)28(40)37(17-25-7-4-16-41-25)19-27(39)36-29-35-26(20-5-2-1-3-6-20)18-38(29)24-14-10-22(11-15-24)30(32,33)34/h1-3,5-6,8-15,18,25H,4,7,16-17,19H2,(H,35,36,39). The average molecular weight is 567 g/mol. The predicted octanol–water partition coefficient (Wildman–Crippen LogP) is 5.96. The van der Waals surface area contributed by atoms with Gasteiger partial charge in [0, 0.05) is 36.2 Å². The quantitative estimate of drug-likeness (QED) is 0.267. The molecular weight excluding hydrogens is 540 g/mol. The van der Waals surface area contributed by atoms with Gasteiger partial charge in [-0.05, 0) is 61.4 Å². The van der Waals surface area contributed by atoms with Crippen LogP contribution in [0.4, 0.5) is 23.5 Å². The molecule has 7 nitrogen and oxygen atoms in total. The number of hydrogen-bond donors (Lipinski definition) is 1. The maximum Gasteiger partial charge on any atom is 0.416 e. The van der Waals surface area contributed by atoms with Crippen molar-refractivity contribution in [3.05, 3.63) is 102 Å². The van der Waals surface area contributed by atoms with E-state index in [1.807, 2.05) is 30.3 Å². The number of nitrogens with one attached hydrogen (secondary N) is 1. The second kappa shape index (κ2) is 11.9. The monoisotopic (exact) mass is 566 g/mol. The van der Waals surface area contributed by atoms with Gasteiger partial charge in [0.2, 0.25) is 11.9 Å². The molecule has 1 fully saturated rings. The van der Waals surface area contributed by atoms with Crippen LogP contribution in [0.3, 0.4) is 0 Å². The highest BCUT2D eigenvalue weighted by Crippen LogP contribution is 2.31. The number of hydrogen-bond acceptors (Lipinski definition) is 4. The van der Waals surface area contributed by atoms with E-state index < -0.39 is 29.4 Å². The minimum atomic E-state index is -4.50. The van der Waals surface area contributed by atoms with Gasteiger partial charge in [-0.1, -0.05) is 30.3 Å². The number of anilines is 1. The number of nitrogens with zero attached hydrogens (tertiary/aromatic N) is 3. The number of alkyl halides is 3. The number of amides is 2. The smallest absolute Gasteiger partial charge is 0.376 e. The highest BCUT2D eigenvalue weighted by Gasteiger charge is 2.30. The molecule has 212 valence electrons. The number of imidazole rings is 1. The van der Waals surface area contributed by atoms with E-state index >= 15 is 0 Å². The van der Waals surface area contributed by atoms with Crippen molar-refractivity contribution in [2.45, 2.75) is 25.1 Å². The van der Waals surface area contributed by atoms with Crippen LogP contribution in [0.25, 0.3) is 16.9 Å². The zero-order chi connectivity index (χ0) is 29.0. The molecule has 1 atom stereocenters. The summed E-state index contributed by atoms with van der Waals surface area (Å²) in [6.45, 7) is 0.366. The van der Waals surface area contributed by atoms with Gasteiger partial charge in [-0.25, -0.2) is 9.37 Å². The van der Waals surface area contributed by atoms with Crippen LogP contribution in [-0.4, -0.2) is 52.1 Å². The summed E-state index contributed by atoms with van der Waals surface area (Å²) in [5, 5.41) is 2.71. The number of halogens is 4. The lowest BCUT2D eigenvalue weighted by atomic mass is 10.1. The highest BCUT2D eigenvalue weighted by atomic mass is 19.4. The normalized spacial score (nSPS) is 15.1. The first-order chi connectivity index (χ1) is 19.7. The van der Waals surface area contributed by atoms with E-state index in [4.69, 9.17) is 4.74 Å². The first-order valence-electron chi connectivity index (χ1n) is 13.0. The van der Waals surface area contributed by atoms with E-state index in [1.54, 1.807) is 6.20 Å². The summed E-state index contributed by atoms with van der Waals surface area (Å²) in [5.41, 5.74) is 0.982. The van der Waals surface area contributed by atoms with Gasteiger partial charge in [0.05, 0.1) is 17.4 Å². The molecule has 1 aromatic heterocycles. The lowest BCUT2D eigenvalue weighted by Gasteiger charge is -2.25. The topological polar surface area (TPSA) is 76.5 Å². The maximum atomic E-state index is 13.4. The summed E-state index contributed by atoms with van der Waals surface area (Å²) in [4.78, 5) is 32.4. The maximum absolute atomic E-state index is 13.4. The fraction of sp³-hybridized carbons (Fsp3) is 0.233. The molecule has 0 saturated carbocycles. The minimum Gasteiger partial charge on any atom is -0.376 e. The number of carbonyl (C=O) groups is 2. The van der Waals surface area contributed by atoms with Gasteiger partial charge >= 0.3 is 6.18 Å². The van der Waals surface area contributed by atoms with Gasteiger partial charge in [0.25, 0.3) is 5.91 Å². The van der Waals surface area contributed by atoms with Crippen LogP contribution in [0.1, 0.15) is 28.8 Å². The summed E-state index contributed by atoms with van der Waals surface area (Å²) in [6, 6.07) is 18.6. The van der Waals surface area contributed by atoms with Crippen LogP contribution in [0.5, 0.6) is 0 Å². The predicted molar refractivity (Wildman–Crippen MR) is 144 cm³/mol. The van der Waals surface area contributed by atoms with E-state index in [9.17, 15) is 27.2 Å². The van der Waals surface area contributed by atoms with Crippen LogP contribution >= 0.6 is 0 Å². The molecule has 2 amide bonds. The van der Waals surface area contributed by atoms with Crippen molar-refractivity contribution in [2.24, 2.45) is 0 Å². The second-order valence-corrected chi connectivity index (χ2v) is 9.61. The highest BCUT2D eigenvalue weighted by molar-refractivity contribution is 5.99. The third-order valence-corrected chi connectivity index (χ3v) is 6.66. The van der Waals surface area contributed by atoms with Gasteiger partial charge in [-0.3, -0.25) is 19.5 Å². The van der Waals surface area contributed by atoms with Gasteiger partial charge in [-0.2, -0.15) is 13.2 Å². The summed E-state index contributed by atoms with van der Waals surface area (Å²) in [6.07, 6.45) is -1.56. The van der Waals surface area contributed by atoms with Gasteiger partial charge in [0.15, 0.2) is 0 Å². The molecule has 4 aromatic rings. The van der Waals surface area contributed by atoms with Crippen molar-refractivity contribution in [2.75, 3.05) is 25.0 Å². The number of ether oxygens (including phenoxy) is 1. The fourth-order valence-corrected chi connectivity index (χ4v) is 4.59. The third-order valence-electron chi connectivity index (χ3n) is 6.66. The van der Waals surface area contributed by atoms with Gasteiger partial charge in [0.1, 0.15) is 12.4 Å². The first-order valence-corrected chi connectivity index (χ1v) is 13.0. The van der Waals surface area contributed by atoms with Crippen LogP contribution in [0.2, 0.25) is 0 Å². The molecule has 1 unspecified atom stereocenters. The number of benzene rings is 3. The first kappa shape index (κ1) is 28.0. The zero-order valence-corrected chi connectivity index (χ0v) is 21.8. The zero-order valence-electron chi connectivity index (χ0n) is 21.8. The Morgan fingerprint density at radius 1 is 1.00 bits per heavy atom. The molecule has 11 heteroatoms. The van der Waals surface area contributed by atoms with E-state index in [0.29, 0.717) is 18.0 Å². The van der Waals surface area contributed by atoms with Crippen molar-refractivity contribution in [3.8, 4) is 16.9 Å². The van der Waals surface area contributed by atoms with E-state index in [2.05, 4.69) is 10.3 Å². The van der Waals surface area contributed by atoms with Crippen LogP contribution < -0.4 is 5.32 Å². The Bertz CT molecular complexity index is 1500. The van der Waals surface area contributed by atoms with Crippen LogP contribution in [0, 0.1) is 5.82 Å². The van der Waals surface area contributed by atoms with Crippen molar-refractivity contribution < 1.29 is 31.9 Å². The average Bonchev–Trinajstić information content (AvgIpc) is 3.63. The largest absolute Gasteiger partial charge is 0.416 e. The Balaban J connectivity index is 1.42. The Kier molecular flexibility index (Phi) is 8.16. The molecule has 2 heterocycles. The molecule has 1 N–H and O–H groups in total. The van der Waals surface area contributed by atoms with E-state index in [1.165, 1.54) is 45.9 Å². The molecule has 1 aliphatic heterocycles. The Morgan fingerprint density at radius 3 is 2.34 bits per heavy atom. The molecule has 3 aromatic carbocycles. The van der Waals surface area contributed by atoms with Crippen LogP contribution in [-0.2, 0) is 15.7 Å². The van der Waals surface area contributed by atoms with Crippen molar-refractivity contribution in [1.82, 2.24) is 14.5 Å². The van der Waals surface area contributed by atoms with Gasteiger partial charge < -0.3 is 9.64 Å². The SMILES string of the molecule is O=C(CN(CC1CCCO1)C(=O)c1ccc(F)cc1)Nc1nc(-c2ccccc2)cn1-c1ccc(C(F)(F)F)cc1. The Labute approximate surface area is 233 Å². The Morgan fingerprint density at radius 2 is 1.71 bits per heavy atom. The number of carbonyl (C=O) groups excluding carboxylic acids is 2. The minimum absolute atomic E-state index is 0.0694. The van der Waals surface area contributed by atoms with E-state index in [0.717, 1.165) is 30.5 Å². The molecular formula is C30H26F4N4O3. The van der Waals surface area contributed by atoms with Crippen molar-refractivity contribution in [1.29, 1.82) is 0 Å². The molecule has 0 radical (unpaired) electrons. The lowest BCUT2D eigenvalue weighted by molar-refractivity contribution is -0.137.